The number of likely N-dealkylation sites (tertiary alicyclic amines) is 1. The third-order valence-electron chi connectivity index (χ3n) is 4.47. The fraction of sp³-hybridized carbons (Fsp3) is 0.938. The maximum Gasteiger partial charge on any atom is 0.327 e. The first-order valence-corrected chi connectivity index (χ1v) is 8.25. The van der Waals surface area contributed by atoms with E-state index in [0.717, 1.165) is 13.1 Å². The van der Waals surface area contributed by atoms with Gasteiger partial charge in [-0.15, -0.1) is 0 Å². The van der Waals surface area contributed by atoms with Gasteiger partial charge < -0.3 is 14.5 Å². The van der Waals surface area contributed by atoms with E-state index in [1.807, 2.05) is 13.8 Å². The van der Waals surface area contributed by atoms with Crippen LogP contribution in [-0.2, 0) is 9.53 Å². The molecule has 1 N–H and O–H groups in total. The van der Waals surface area contributed by atoms with E-state index in [4.69, 9.17) is 4.74 Å². The molecule has 0 aromatic rings. The van der Waals surface area contributed by atoms with Crippen LogP contribution < -0.4 is 5.32 Å². The van der Waals surface area contributed by atoms with E-state index < -0.39 is 5.54 Å². The zero-order valence-electron chi connectivity index (χ0n) is 14.0. The number of nitrogens with one attached hydrogen (secondary N) is 1. The molecule has 1 aliphatic heterocycles. The summed E-state index contributed by atoms with van der Waals surface area (Å²) in [6, 6.07) is 0.491. The van der Waals surface area contributed by atoms with Crippen molar-refractivity contribution in [2.75, 3.05) is 46.9 Å². The molecule has 1 saturated carbocycles. The summed E-state index contributed by atoms with van der Waals surface area (Å²) in [5.74, 6) is 0.597. The van der Waals surface area contributed by atoms with E-state index in [0.29, 0.717) is 25.1 Å². The molecule has 2 atom stereocenters. The molecule has 5 heteroatoms. The standard InChI is InChI=1S/C16H31N3O2/c1-5-21-15(20)16(2,17-14-6-7-14)12-19(4)11-13-8-9-18(3)10-13/h13-14,17H,5-12H2,1-4H3. The molecule has 0 radical (unpaired) electrons. The van der Waals surface area contributed by atoms with Gasteiger partial charge in [-0.2, -0.15) is 0 Å². The second-order valence-electron chi connectivity index (χ2n) is 7.08. The minimum Gasteiger partial charge on any atom is -0.465 e. The number of nitrogens with zero attached hydrogens (tertiary/aromatic N) is 2. The first-order chi connectivity index (χ1) is 9.93. The van der Waals surface area contributed by atoms with E-state index in [9.17, 15) is 4.79 Å². The molecule has 0 aromatic heterocycles. The number of ether oxygens (including phenoxy) is 1. The fourth-order valence-electron chi connectivity index (χ4n) is 3.36. The Kier molecular flexibility index (Phi) is 5.63. The molecule has 1 saturated heterocycles. The molecule has 0 amide bonds. The summed E-state index contributed by atoms with van der Waals surface area (Å²) in [5.41, 5.74) is -0.587. The van der Waals surface area contributed by atoms with Crippen LogP contribution in [0.15, 0.2) is 0 Å². The van der Waals surface area contributed by atoms with E-state index >= 15 is 0 Å². The number of carbonyl (C=O) groups is 1. The molecule has 2 unspecified atom stereocenters. The van der Waals surface area contributed by atoms with E-state index in [1.165, 1.54) is 25.8 Å². The van der Waals surface area contributed by atoms with Crippen LogP contribution in [0, 0.1) is 5.92 Å². The average molecular weight is 297 g/mol. The van der Waals surface area contributed by atoms with Gasteiger partial charge in [0, 0.05) is 25.7 Å². The minimum absolute atomic E-state index is 0.118. The van der Waals surface area contributed by atoms with Crippen LogP contribution in [0.2, 0.25) is 0 Å². The third-order valence-corrected chi connectivity index (χ3v) is 4.47. The van der Waals surface area contributed by atoms with Crippen molar-refractivity contribution in [2.24, 2.45) is 5.92 Å². The lowest BCUT2D eigenvalue weighted by atomic mass is 10.0. The predicted octanol–water partition coefficient (Wildman–Crippen LogP) is 0.944. The Hall–Kier alpha value is -0.650. The summed E-state index contributed by atoms with van der Waals surface area (Å²) in [6.45, 7) is 8.41. The molecule has 0 aromatic carbocycles. The van der Waals surface area contributed by atoms with Crippen LogP contribution >= 0.6 is 0 Å². The van der Waals surface area contributed by atoms with Gasteiger partial charge in [0.05, 0.1) is 6.61 Å². The van der Waals surface area contributed by atoms with Crippen LogP contribution in [0.5, 0.6) is 0 Å². The summed E-state index contributed by atoms with van der Waals surface area (Å²) in [5, 5.41) is 3.49. The second-order valence-corrected chi connectivity index (χ2v) is 7.08. The van der Waals surface area contributed by atoms with E-state index in [1.54, 1.807) is 0 Å². The largest absolute Gasteiger partial charge is 0.465 e. The van der Waals surface area contributed by atoms with Gasteiger partial charge in [-0.1, -0.05) is 0 Å². The highest BCUT2D eigenvalue weighted by Gasteiger charge is 2.40. The van der Waals surface area contributed by atoms with Gasteiger partial charge in [0.1, 0.15) is 5.54 Å². The first kappa shape index (κ1) is 16.7. The smallest absolute Gasteiger partial charge is 0.327 e. The molecule has 21 heavy (non-hydrogen) atoms. The molecular formula is C16H31N3O2. The third kappa shape index (κ3) is 4.94. The molecule has 122 valence electrons. The molecule has 0 spiro atoms. The Morgan fingerprint density at radius 1 is 1.43 bits per heavy atom. The lowest BCUT2D eigenvalue weighted by Crippen LogP contribution is -2.58. The summed E-state index contributed by atoms with van der Waals surface area (Å²) in [6.07, 6.45) is 3.60. The van der Waals surface area contributed by atoms with Crippen molar-refractivity contribution in [1.82, 2.24) is 15.1 Å². The molecule has 2 aliphatic rings. The van der Waals surface area contributed by atoms with Gasteiger partial charge in [0.25, 0.3) is 0 Å². The highest BCUT2D eigenvalue weighted by Crippen LogP contribution is 2.24. The minimum atomic E-state index is -0.587. The number of hydrogen-bond donors (Lipinski definition) is 1. The zero-order valence-corrected chi connectivity index (χ0v) is 14.0. The number of hydrogen-bond acceptors (Lipinski definition) is 5. The van der Waals surface area contributed by atoms with Gasteiger partial charge in [-0.05, 0) is 59.7 Å². The number of likely N-dealkylation sites (N-methyl/N-ethyl adjacent to an activating group) is 1. The highest BCUT2D eigenvalue weighted by molar-refractivity contribution is 5.80. The van der Waals surface area contributed by atoms with Crippen molar-refractivity contribution >= 4 is 5.97 Å². The topological polar surface area (TPSA) is 44.8 Å². The van der Waals surface area contributed by atoms with Crippen molar-refractivity contribution in [2.45, 2.75) is 44.7 Å². The summed E-state index contributed by atoms with van der Waals surface area (Å²) < 4.78 is 5.29. The van der Waals surface area contributed by atoms with E-state index in [-0.39, 0.29) is 5.97 Å². The Balaban J connectivity index is 1.88. The molecule has 2 fully saturated rings. The normalized spacial score (nSPS) is 26.0. The van der Waals surface area contributed by atoms with Crippen LogP contribution in [0.25, 0.3) is 0 Å². The maximum absolute atomic E-state index is 12.3. The van der Waals surface area contributed by atoms with Gasteiger partial charge in [-0.3, -0.25) is 10.1 Å². The molecule has 2 rings (SSSR count). The molecule has 0 bridgehead atoms. The summed E-state index contributed by atoms with van der Waals surface area (Å²) >= 11 is 0. The van der Waals surface area contributed by atoms with Gasteiger partial charge in [0.15, 0.2) is 0 Å². The Morgan fingerprint density at radius 3 is 2.67 bits per heavy atom. The quantitative estimate of drug-likeness (QED) is 0.676. The van der Waals surface area contributed by atoms with E-state index in [2.05, 4.69) is 29.2 Å². The van der Waals surface area contributed by atoms with Crippen molar-refractivity contribution in [3.05, 3.63) is 0 Å². The number of carbonyl (C=O) groups excluding carboxylic acids is 1. The average Bonchev–Trinajstić information content (AvgIpc) is 3.11. The van der Waals surface area contributed by atoms with Crippen LogP contribution in [0.3, 0.4) is 0 Å². The fourth-order valence-corrected chi connectivity index (χ4v) is 3.36. The van der Waals surface area contributed by atoms with Crippen LogP contribution in [0.1, 0.15) is 33.1 Å². The SMILES string of the molecule is CCOC(=O)C(C)(CN(C)CC1CCN(C)C1)NC1CC1. The lowest BCUT2D eigenvalue weighted by Gasteiger charge is -2.33. The summed E-state index contributed by atoms with van der Waals surface area (Å²) in [7, 11) is 4.29. The Morgan fingerprint density at radius 2 is 2.14 bits per heavy atom. The molecular weight excluding hydrogens is 266 g/mol. The highest BCUT2D eigenvalue weighted by atomic mass is 16.5. The summed E-state index contributed by atoms with van der Waals surface area (Å²) in [4.78, 5) is 17.0. The van der Waals surface area contributed by atoms with Crippen molar-refractivity contribution < 1.29 is 9.53 Å². The van der Waals surface area contributed by atoms with Crippen molar-refractivity contribution in [3.8, 4) is 0 Å². The Bertz CT molecular complexity index is 359. The first-order valence-electron chi connectivity index (χ1n) is 8.25. The van der Waals surface area contributed by atoms with Crippen LogP contribution in [-0.4, -0.2) is 74.2 Å². The van der Waals surface area contributed by atoms with Gasteiger partial charge in [-0.25, -0.2) is 0 Å². The van der Waals surface area contributed by atoms with Crippen LogP contribution in [0.4, 0.5) is 0 Å². The molecule has 1 aliphatic carbocycles. The van der Waals surface area contributed by atoms with Gasteiger partial charge >= 0.3 is 5.97 Å². The van der Waals surface area contributed by atoms with Crippen molar-refractivity contribution in [1.29, 1.82) is 0 Å². The maximum atomic E-state index is 12.3. The molecule has 5 nitrogen and oxygen atoms in total. The number of esters is 1. The number of rotatable bonds is 8. The molecule has 1 heterocycles. The predicted molar refractivity (Wildman–Crippen MR) is 84.3 cm³/mol. The lowest BCUT2D eigenvalue weighted by molar-refractivity contribution is -0.151. The Labute approximate surface area is 129 Å². The monoisotopic (exact) mass is 297 g/mol. The van der Waals surface area contributed by atoms with Gasteiger partial charge in [0.2, 0.25) is 0 Å². The van der Waals surface area contributed by atoms with Crippen molar-refractivity contribution in [3.63, 3.8) is 0 Å². The zero-order chi connectivity index (χ0) is 15.5. The second kappa shape index (κ2) is 7.07.